The summed E-state index contributed by atoms with van der Waals surface area (Å²) in [6.07, 6.45) is 0.754. The molecule has 0 heterocycles. The maximum Gasteiger partial charge on any atom is 0.273 e. The lowest BCUT2D eigenvalue weighted by Gasteiger charge is -2.08. The summed E-state index contributed by atoms with van der Waals surface area (Å²) in [5, 5.41) is 10.6. The molecule has 0 aromatic heterocycles. The Hall–Kier alpha value is -1.45. The third kappa shape index (κ3) is 2.07. The Labute approximate surface area is 81.7 Å². The van der Waals surface area contributed by atoms with E-state index in [4.69, 9.17) is 0 Å². The van der Waals surface area contributed by atoms with Gasteiger partial charge in [0.1, 0.15) is 5.82 Å². The van der Waals surface area contributed by atoms with Gasteiger partial charge in [-0.3, -0.25) is 10.1 Å². The van der Waals surface area contributed by atoms with Crippen LogP contribution in [0, 0.1) is 15.9 Å². The van der Waals surface area contributed by atoms with Gasteiger partial charge in [-0.25, -0.2) is 4.39 Å². The molecule has 0 fully saturated rings. The number of hydrogen-bond donors (Lipinski definition) is 0. The first-order chi connectivity index (χ1) is 6.56. The van der Waals surface area contributed by atoms with E-state index in [1.165, 1.54) is 12.1 Å². The van der Waals surface area contributed by atoms with Gasteiger partial charge in [-0.1, -0.05) is 13.8 Å². The van der Waals surface area contributed by atoms with Crippen molar-refractivity contribution in [2.75, 3.05) is 0 Å². The van der Waals surface area contributed by atoms with Gasteiger partial charge in [0.2, 0.25) is 0 Å². The van der Waals surface area contributed by atoms with Crippen molar-refractivity contribution in [3.63, 3.8) is 0 Å². The summed E-state index contributed by atoms with van der Waals surface area (Å²) in [5.41, 5.74) is 0.471. The normalized spacial score (nSPS) is 12.5. The van der Waals surface area contributed by atoms with Crippen LogP contribution < -0.4 is 0 Å². The quantitative estimate of drug-likeness (QED) is 0.551. The summed E-state index contributed by atoms with van der Waals surface area (Å²) >= 11 is 0. The van der Waals surface area contributed by atoms with E-state index in [9.17, 15) is 14.5 Å². The Morgan fingerprint density at radius 1 is 1.57 bits per heavy atom. The van der Waals surface area contributed by atoms with E-state index >= 15 is 0 Å². The predicted molar refractivity (Wildman–Crippen MR) is 51.8 cm³/mol. The molecule has 0 N–H and O–H groups in total. The zero-order valence-corrected chi connectivity index (χ0v) is 8.16. The van der Waals surface area contributed by atoms with Gasteiger partial charge < -0.3 is 0 Å². The minimum atomic E-state index is -0.471. The molecule has 0 bridgehead atoms. The summed E-state index contributed by atoms with van der Waals surface area (Å²) in [6, 6.07) is 3.58. The molecule has 0 saturated carbocycles. The lowest BCUT2D eigenvalue weighted by atomic mass is 9.97. The SMILES string of the molecule is CCC(C)c1cc(F)ccc1[N+](=O)[O-]. The fourth-order valence-electron chi connectivity index (χ4n) is 1.31. The van der Waals surface area contributed by atoms with Crippen molar-refractivity contribution in [3.05, 3.63) is 39.7 Å². The van der Waals surface area contributed by atoms with E-state index in [-0.39, 0.29) is 11.6 Å². The largest absolute Gasteiger partial charge is 0.273 e. The van der Waals surface area contributed by atoms with Crippen LogP contribution in [-0.2, 0) is 0 Å². The summed E-state index contributed by atoms with van der Waals surface area (Å²) in [6.45, 7) is 3.76. The van der Waals surface area contributed by atoms with Gasteiger partial charge in [-0.05, 0) is 24.5 Å². The van der Waals surface area contributed by atoms with Gasteiger partial charge in [0.05, 0.1) is 4.92 Å². The van der Waals surface area contributed by atoms with E-state index < -0.39 is 10.7 Å². The smallest absolute Gasteiger partial charge is 0.258 e. The molecule has 14 heavy (non-hydrogen) atoms. The maximum absolute atomic E-state index is 12.9. The molecular formula is C10H12FNO2. The molecule has 0 aliphatic rings. The van der Waals surface area contributed by atoms with Crippen molar-refractivity contribution in [1.29, 1.82) is 0 Å². The Balaban J connectivity index is 3.22. The summed E-state index contributed by atoms with van der Waals surface area (Å²) in [7, 11) is 0. The summed E-state index contributed by atoms with van der Waals surface area (Å²) in [4.78, 5) is 10.2. The van der Waals surface area contributed by atoms with Crippen molar-refractivity contribution in [2.45, 2.75) is 26.2 Å². The Morgan fingerprint density at radius 3 is 2.71 bits per heavy atom. The van der Waals surface area contributed by atoms with Gasteiger partial charge in [-0.2, -0.15) is 0 Å². The Morgan fingerprint density at radius 2 is 2.21 bits per heavy atom. The van der Waals surface area contributed by atoms with Crippen LogP contribution in [0.4, 0.5) is 10.1 Å². The highest BCUT2D eigenvalue weighted by molar-refractivity contribution is 5.42. The first-order valence-corrected chi connectivity index (χ1v) is 4.50. The second-order valence-corrected chi connectivity index (χ2v) is 3.27. The third-order valence-corrected chi connectivity index (χ3v) is 2.33. The van der Waals surface area contributed by atoms with Gasteiger partial charge in [0.15, 0.2) is 0 Å². The number of nitrogens with zero attached hydrogens (tertiary/aromatic N) is 1. The third-order valence-electron chi connectivity index (χ3n) is 2.33. The zero-order valence-electron chi connectivity index (χ0n) is 8.16. The number of nitro benzene ring substituents is 1. The molecule has 1 unspecified atom stereocenters. The van der Waals surface area contributed by atoms with Crippen LogP contribution in [0.3, 0.4) is 0 Å². The molecule has 1 atom stereocenters. The number of rotatable bonds is 3. The molecular weight excluding hydrogens is 185 g/mol. The minimum absolute atomic E-state index is 0.000694. The monoisotopic (exact) mass is 197 g/mol. The topological polar surface area (TPSA) is 43.1 Å². The molecule has 0 spiro atoms. The zero-order chi connectivity index (χ0) is 10.7. The van der Waals surface area contributed by atoms with Crippen LogP contribution in [0.15, 0.2) is 18.2 Å². The first kappa shape index (κ1) is 10.6. The predicted octanol–water partition coefficient (Wildman–Crippen LogP) is 3.25. The standard InChI is InChI=1S/C10H12FNO2/c1-3-7(2)9-6-8(11)4-5-10(9)12(13)14/h4-7H,3H2,1-2H3. The highest BCUT2D eigenvalue weighted by Gasteiger charge is 2.18. The average molecular weight is 197 g/mol. The van der Waals surface area contributed by atoms with Gasteiger partial charge in [0, 0.05) is 11.6 Å². The molecule has 1 rings (SSSR count). The van der Waals surface area contributed by atoms with E-state index in [1.54, 1.807) is 0 Å². The van der Waals surface area contributed by atoms with E-state index in [2.05, 4.69) is 0 Å². The van der Waals surface area contributed by atoms with Gasteiger partial charge in [0.25, 0.3) is 5.69 Å². The van der Waals surface area contributed by atoms with E-state index in [1.807, 2.05) is 13.8 Å². The number of nitro groups is 1. The molecule has 4 heteroatoms. The molecule has 1 aromatic rings. The van der Waals surface area contributed by atoms with Gasteiger partial charge >= 0.3 is 0 Å². The molecule has 0 radical (unpaired) electrons. The molecule has 0 amide bonds. The molecule has 3 nitrogen and oxygen atoms in total. The van der Waals surface area contributed by atoms with Crippen molar-refractivity contribution in [1.82, 2.24) is 0 Å². The Bertz CT molecular complexity index is 352. The van der Waals surface area contributed by atoms with Crippen LogP contribution in [0.2, 0.25) is 0 Å². The fourth-order valence-corrected chi connectivity index (χ4v) is 1.31. The van der Waals surface area contributed by atoms with Crippen LogP contribution >= 0.6 is 0 Å². The van der Waals surface area contributed by atoms with Crippen molar-refractivity contribution >= 4 is 5.69 Å². The molecule has 0 aliphatic carbocycles. The van der Waals surface area contributed by atoms with Crippen molar-refractivity contribution in [3.8, 4) is 0 Å². The Kier molecular flexibility index (Phi) is 3.17. The number of hydrogen-bond acceptors (Lipinski definition) is 2. The highest BCUT2D eigenvalue weighted by atomic mass is 19.1. The van der Waals surface area contributed by atoms with E-state index in [0.29, 0.717) is 5.56 Å². The summed E-state index contributed by atoms with van der Waals surface area (Å²) < 4.78 is 12.9. The van der Waals surface area contributed by atoms with E-state index in [0.717, 1.165) is 12.5 Å². The maximum atomic E-state index is 12.9. The molecule has 0 saturated heterocycles. The van der Waals surface area contributed by atoms with Crippen molar-refractivity contribution < 1.29 is 9.31 Å². The molecule has 1 aromatic carbocycles. The minimum Gasteiger partial charge on any atom is -0.258 e. The molecule has 76 valence electrons. The highest BCUT2D eigenvalue weighted by Crippen LogP contribution is 2.28. The van der Waals surface area contributed by atoms with Crippen LogP contribution in [0.5, 0.6) is 0 Å². The van der Waals surface area contributed by atoms with Crippen molar-refractivity contribution in [2.24, 2.45) is 0 Å². The van der Waals surface area contributed by atoms with Crippen LogP contribution in [-0.4, -0.2) is 4.92 Å². The lowest BCUT2D eigenvalue weighted by Crippen LogP contribution is -1.99. The number of benzene rings is 1. The lowest BCUT2D eigenvalue weighted by molar-refractivity contribution is -0.385. The fraction of sp³-hybridized carbons (Fsp3) is 0.400. The summed E-state index contributed by atoms with van der Waals surface area (Å²) in [5.74, 6) is -0.419. The van der Waals surface area contributed by atoms with Crippen LogP contribution in [0.1, 0.15) is 31.7 Å². The second kappa shape index (κ2) is 4.17. The number of halogens is 1. The average Bonchev–Trinajstić information content (AvgIpc) is 2.16. The second-order valence-electron chi connectivity index (χ2n) is 3.27. The first-order valence-electron chi connectivity index (χ1n) is 4.50. The molecule has 0 aliphatic heterocycles. The van der Waals surface area contributed by atoms with Gasteiger partial charge in [-0.15, -0.1) is 0 Å². The van der Waals surface area contributed by atoms with Crippen LogP contribution in [0.25, 0.3) is 0 Å².